The normalized spacial score (nSPS) is 22.0. The Labute approximate surface area is 169 Å². The molecule has 0 amide bonds. The number of unbranched alkanes of at least 4 members (excludes halogenated alkanes) is 9. The molecule has 0 atom stereocenters. The van der Waals surface area contributed by atoms with E-state index in [2.05, 4.69) is 77.5 Å². The fourth-order valence-corrected chi connectivity index (χ4v) is 3.87. The first-order valence-electron chi connectivity index (χ1n) is 10.5. The maximum atomic E-state index is 6.07. The zero-order chi connectivity index (χ0) is 18.5. The molecular formula is C24H35BrO. The molecule has 2 rings (SSSR count). The van der Waals surface area contributed by atoms with Gasteiger partial charge in [-0.3, -0.25) is 0 Å². The van der Waals surface area contributed by atoms with Crippen molar-refractivity contribution in [1.29, 1.82) is 0 Å². The van der Waals surface area contributed by atoms with E-state index < -0.39 is 4.51 Å². The molecule has 1 aromatic rings. The smallest absolute Gasteiger partial charge is 0.159 e. The predicted octanol–water partition coefficient (Wildman–Crippen LogP) is 7.92. The predicted molar refractivity (Wildman–Crippen MR) is 117 cm³/mol. The number of hydrogen-bond acceptors (Lipinski definition) is 1. The fourth-order valence-electron chi connectivity index (χ4n) is 3.40. The third-order valence-electron chi connectivity index (χ3n) is 5.07. The van der Waals surface area contributed by atoms with E-state index in [0.29, 0.717) is 5.92 Å². The average Bonchev–Trinajstić information content (AvgIpc) is 2.67. The lowest BCUT2D eigenvalue weighted by Gasteiger charge is -2.25. The second kappa shape index (κ2) is 12.5. The SMILES string of the molecule is CCCCCCCCCCCCOC1(Br)C=CC(c2ccccc2)C=C1. The van der Waals surface area contributed by atoms with E-state index in [9.17, 15) is 0 Å². The second-order valence-corrected chi connectivity index (χ2v) is 8.62. The van der Waals surface area contributed by atoms with Crippen LogP contribution in [0.25, 0.3) is 0 Å². The molecule has 0 spiro atoms. The minimum atomic E-state index is -0.419. The van der Waals surface area contributed by atoms with Crippen molar-refractivity contribution in [3.05, 3.63) is 60.2 Å². The van der Waals surface area contributed by atoms with Gasteiger partial charge in [-0.25, -0.2) is 0 Å². The van der Waals surface area contributed by atoms with Crippen LogP contribution in [0, 0.1) is 0 Å². The third-order valence-corrected chi connectivity index (χ3v) is 5.82. The second-order valence-electron chi connectivity index (χ2n) is 7.38. The van der Waals surface area contributed by atoms with Crippen molar-refractivity contribution in [2.75, 3.05) is 6.61 Å². The largest absolute Gasteiger partial charge is 0.356 e. The van der Waals surface area contributed by atoms with Crippen molar-refractivity contribution < 1.29 is 4.74 Å². The molecule has 0 saturated heterocycles. The van der Waals surface area contributed by atoms with Gasteiger partial charge in [0.2, 0.25) is 0 Å². The Balaban J connectivity index is 1.53. The van der Waals surface area contributed by atoms with Gasteiger partial charge < -0.3 is 4.74 Å². The highest BCUT2D eigenvalue weighted by Gasteiger charge is 2.24. The van der Waals surface area contributed by atoms with E-state index in [0.717, 1.165) is 13.0 Å². The van der Waals surface area contributed by atoms with Gasteiger partial charge in [0.05, 0.1) is 0 Å². The maximum Gasteiger partial charge on any atom is 0.159 e. The average molecular weight is 419 g/mol. The topological polar surface area (TPSA) is 9.23 Å². The van der Waals surface area contributed by atoms with Crippen LogP contribution in [0.5, 0.6) is 0 Å². The van der Waals surface area contributed by atoms with Crippen LogP contribution in [0.2, 0.25) is 0 Å². The van der Waals surface area contributed by atoms with Gasteiger partial charge in [-0.2, -0.15) is 0 Å². The third kappa shape index (κ3) is 8.22. The molecule has 0 bridgehead atoms. The highest BCUT2D eigenvalue weighted by molar-refractivity contribution is 9.10. The van der Waals surface area contributed by atoms with Gasteiger partial charge >= 0.3 is 0 Å². The van der Waals surface area contributed by atoms with Crippen LogP contribution in [0.3, 0.4) is 0 Å². The van der Waals surface area contributed by atoms with Gasteiger partial charge in [0.15, 0.2) is 4.51 Å². The molecule has 1 nitrogen and oxygen atoms in total. The molecule has 26 heavy (non-hydrogen) atoms. The fraction of sp³-hybridized carbons (Fsp3) is 0.583. The Morgan fingerprint density at radius 1 is 0.808 bits per heavy atom. The van der Waals surface area contributed by atoms with E-state index in [4.69, 9.17) is 4.74 Å². The number of halogens is 1. The van der Waals surface area contributed by atoms with Crippen molar-refractivity contribution in [2.45, 2.75) is 81.6 Å². The molecule has 0 unspecified atom stereocenters. The summed E-state index contributed by atoms with van der Waals surface area (Å²) >= 11 is 3.72. The molecule has 0 heterocycles. The standard InChI is InChI=1S/C24H35BrO/c1-2-3-4-5-6-7-8-9-10-14-21-26-24(25)19-17-23(18-20-24)22-15-12-11-13-16-22/h11-13,15-20,23H,2-10,14,21H2,1H3. The molecule has 1 aliphatic rings. The van der Waals surface area contributed by atoms with Crippen LogP contribution in [0.1, 0.15) is 82.6 Å². The first-order valence-corrected chi connectivity index (χ1v) is 11.3. The molecule has 0 fully saturated rings. The molecule has 2 heteroatoms. The molecule has 0 saturated carbocycles. The summed E-state index contributed by atoms with van der Waals surface area (Å²) < 4.78 is 5.65. The van der Waals surface area contributed by atoms with Gasteiger partial charge in [0, 0.05) is 12.5 Å². The van der Waals surface area contributed by atoms with Crippen molar-refractivity contribution in [1.82, 2.24) is 0 Å². The molecule has 0 N–H and O–H groups in total. The molecule has 144 valence electrons. The number of benzene rings is 1. The first kappa shape index (κ1) is 21.4. The molecule has 0 aliphatic heterocycles. The zero-order valence-corrected chi connectivity index (χ0v) is 17.9. The van der Waals surface area contributed by atoms with Gasteiger partial charge in [0.1, 0.15) is 0 Å². The number of ether oxygens (including phenoxy) is 1. The maximum absolute atomic E-state index is 6.07. The van der Waals surface area contributed by atoms with Gasteiger partial charge in [-0.1, -0.05) is 107 Å². The highest BCUT2D eigenvalue weighted by Crippen LogP contribution is 2.33. The number of alkyl halides is 1. The van der Waals surface area contributed by atoms with Crippen LogP contribution < -0.4 is 0 Å². The molecule has 1 aromatic carbocycles. The van der Waals surface area contributed by atoms with Gasteiger partial charge in [0.25, 0.3) is 0 Å². The summed E-state index contributed by atoms with van der Waals surface area (Å²) in [6, 6.07) is 10.6. The summed E-state index contributed by atoms with van der Waals surface area (Å²) in [6.07, 6.45) is 22.3. The van der Waals surface area contributed by atoms with Crippen LogP contribution >= 0.6 is 15.9 Å². The van der Waals surface area contributed by atoms with Crippen molar-refractivity contribution >= 4 is 15.9 Å². The summed E-state index contributed by atoms with van der Waals surface area (Å²) in [6.45, 7) is 3.09. The Morgan fingerprint density at radius 3 is 1.92 bits per heavy atom. The zero-order valence-electron chi connectivity index (χ0n) is 16.3. The van der Waals surface area contributed by atoms with E-state index in [1.807, 2.05) is 0 Å². The van der Waals surface area contributed by atoms with Gasteiger partial charge in [-0.15, -0.1) is 0 Å². The van der Waals surface area contributed by atoms with Crippen LogP contribution in [-0.2, 0) is 4.74 Å². The van der Waals surface area contributed by atoms with Crippen LogP contribution in [0.15, 0.2) is 54.6 Å². The van der Waals surface area contributed by atoms with Gasteiger partial charge in [-0.05, 0) is 40.1 Å². The molecule has 1 aliphatic carbocycles. The summed E-state index contributed by atoms with van der Waals surface area (Å²) in [4.78, 5) is 0. The van der Waals surface area contributed by atoms with Crippen molar-refractivity contribution in [3.63, 3.8) is 0 Å². The lowest BCUT2D eigenvalue weighted by atomic mass is 9.94. The molecule has 0 aromatic heterocycles. The summed E-state index contributed by atoms with van der Waals surface area (Å²) in [7, 11) is 0. The summed E-state index contributed by atoms with van der Waals surface area (Å²) in [5.74, 6) is 0.350. The molecular weight excluding hydrogens is 384 g/mol. The van der Waals surface area contributed by atoms with Crippen LogP contribution in [-0.4, -0.2) is 11.1 Å². The lowest BCUT2D eigenvalue weighted by Crippen LogP contribution is -2.22. The number of allylic oxidation sites excluding steroid dienone is 2. The van der Waals surface area contributed by atoms with E-state index in [1.54, 1.807) is 0 Å². The quantitative estimate of drug-likeness (QED) is 0.179. The Bertz CT molecular complexity index is 520. The van der Waals surface area contributed by atoms with Crippen molar-refractivity contribution in [3.8, 4) is 0 Å². The number of rotatable bonds is 13. The molecule has 0 radical (unpaired) electrons. The van der Waals surface area contributed by atoms with E-state index >= 15 is 0 Å². The highest BCUT2D eigenvalue weighted by atomic mass is 79.9. The summed E-state index contributed by atoms with van der Waals surface area (Å²) in [5.41, 5.74) is 1.32. The minimum Gasteiger partial charge on any atom is -0.356 e. The van der Waals surface area contributed by atoms with E-state index in [-0.39, 0.29) is 0 Å². The Hall–Kier alpha value is -0.860. The Morgan fingerprint density at radius 2 is 1.35 bits per heavy atom. The minimum absolute atomic E-state index is 0.350. The monoisotopic (exact) mass is 418 g/mol. The van der Waals surface area contributed by atoms with E-state index in [1.165, 1.54) is 63.4 Å². The van der Waals surface area contributed by atoms with Crippen LogP contribution in [0.4, 0.5) is 0 Å². The summed E-state index contributed by atoms with van der Waals surface area (Å²) in [5, 5.41) is 0. The van der Waals surface area contributed by atoms with Crippen molar-refractivity contribution in [2.24, 2.45) is 0 Å². The Kier molecular flexibility index (Phi) is 10.3. The number of hydrogen-bond donors (Lipinski definition) is 0. The first-order chi connectivity index (χ1) is 12.7. The lowest BCUT2D eigenvalue weighted by molar-refractivity contribution is 0.0918.